The summed E-state index contributed by atoms with van der Waals surface area (Å²) < 4.78 is 11.0. The summed E-state index contributed by atoms with van der Waals surface area (Å²) in [7, 11) is 0. The Balaban J connectivity index is 1.79. The fourth-order valence-corrected chi connectivity index (χ4v) is 2.10. The molecule has 2 rings (SSSR count). The van der Waals surface area contributed by atoms with E-state index in [0.717, 1.165) is 24.2 Å². The van der Waals surface area contributed by atoms with Crippen molar-refractivity contribution in [3.63, 3.8) is 0 Å². The van der Waals surface area contributed by atoms with Crippen LogP contribution in [-0.4, -0.2) is 5.97 Å². The lowest BCUT2D eigenvalue weighted by Gasteiger charge is -2.09. The largest absolute Gasteiger partial charge is 0.489 e. The van der Waals surface area contributed by atoms with Crippen molar-refractivity contribution in [2.24, 2.45) is 5.92 Å². The predicted molar refractivity (Wildman–Crippen MR) is 91.5 cm³/mol. The lowest BCUT2D eigenvalue weighted by molar-refractivity contribution is -0.134. The van der Waals surface area contributed by atoms with Crippen molar-refractivity contribution in [3.8, 4) is 11.5 Å². The average Bonchev–Trinajstić information content (AvgIpc) is 2.60. The van der Waals surface area contributed by atoms with Crippen molar-refractivity contribution >= 4 is 5.97 Å². The molecule has 3 nitrogen and oxygen atoms in total. The van der Waals surface area contributed by atoms with Gasteiger partial charge in [-0.15, -0.1) is 0 Å². The molecule has 0 bridgehead atoms. The highest BCUT2D eigenvalue weighted by atomic mass is 16.5. The first kappa shape index (κ1) is 17.1. The van der Waals surface area contributed by atoms with Gasteiger partial charge >= 0.3 is 5.97 Å². The summed E-state index contributed by atoms with van der Waals surface area (Å²) >= 11 is 0. The third-order valence-electron chi connectivity index (χ3n) is 3.84. The molecule has 0 fully saturated rings. The topological polar surface area (TPSA) is 35.5 Å². The van der Waals surface area contributed by atoms with Crippen LogP contribution in [0.15, 0.2) is 54.6 Å². The Hall–Kier alpha value is -2.29. The van der Waals surface area contributed by atoms with Gasteiger partial charge in [0.1, 0.15) is 18.1 Å². The van der Waals surface area contributed by atoms with Gasteiger partial charge < -0.3 is 9.47 Å². The molecule has 1 atom stereocenters. The minimum Gasteiger partial charge on any atom is -0.489 e. The monoisotopic (exact) mass is 312 g/mol. The first-order valence-electron chi connectivity index (χ1n) is 8.15. The number of rotatable bonds is 8. The second-order valence-corrected chi connectivity index (χ2v) is 5.77. The van der Waals surface area contributed by atoms with Gasteiger partial charge in [0.05, 0.1) is 0 Å². The molecule has 0 aliphatic heterocycles. The van der Waals surface area contributed by atoms with Crippen molar-refractivity contribution in [3.05, 3.63) is 60.2 Å². The lowest BCUT2D eigenvalue weighted by atomic mass is 10.0. The van der Waals surface area contributed by atoms with E-state index < -0.39 is 0 Å². The molecule has 2 aromatic carbocycles. The summed E-state index contributed by atoms with van der Waals surface area (Å²) in [6.45, 7) is 4.80. The van der Waals surface area contributed by atoms with Crippen molar-refractivity contribution in [2.75, 3.05) is 0 Å². The van der Waals surface area contributed by atoms with Gasteiger partial charge in [0.2, 0.25) is 0 Å². The standard InChI is InChI=1S/C20H24O3/c1-3-16(2)9-14-20(21)23-19-12-10-18(11-13-19)22-15-17-7-5-4-6-8-17/h4-8,10-13,16H,3,9,14-15H2,1-2H3. The van der Waals surface area contributed by atoms with Crippen LogP contribution >= 0.6 is 0 Å². The molecular formula is C20H24O3. The van der Waals surface area contributed by atoms with Crippen LogP contribution in [0.5, 0.6) is 11.5 Å². The maximum absolute atomic E-state index is 11.8. The summed E-state index contributed by atoms with van der Waals surface area (Å²) in [6.07, 6.45) is 2.41. The normalized spacial score (nSPS) is 11.7. The Labute approximate surface area is 138 Å². The molecule has 1 unspecified atom stereocenters. The average molecular weight is 312 g/mol. The minimum absolute atomic E-state index is 0.178. The minimum atomic E-state index is -0.178. The zero-order valence-electron chi connectivity index (χ0n) is 13.8. The molecule has 0 saturated carbocycles. The van der Waals surface area contributed by atoms with E-state index in [4.69, 9.17) is 9.47 Å². The van der Waals surface area contributed by atoms with Crippen LogP contribution in [0.4, 0.5) is 0 Å². The van der Waals surface area contributed by atoms with E-state index >= 15 is 0 Å². The van der Waals surface area contributed by atoms with Gasteiger partial charge in [-0.3, -0.25) is 4.79 Å². The molecular weight excluding hydrogens is 288 g/mol. The van der Waals surface area contributed by atoms with Gasteiger partial charge in [0.15, 0.2) is 0 Å². The van der Waals surface area contributed by atoms with Crippen molar-refractivity contribution in [1.29, 1.82) is 0 Å². The third kappa shape index (κ3) is 6.15. The van der Waals surface area contributed by atoms with Crippen LogP contribution in [0.2, 0.25) is 0 Å². The molecule has 23 heavy (non-hydrogen) atoms. The van der Waals surface area contributed by atoms with Gasteiger partial charge in [-0.2, -0.15) is 0 Å². The number of hydrogen-bond donors (Lipinski definition) is 0. The molecule has 0 aliphatic carbocycles. The number of carbonyl (C=O) groups excluding carboxylic acids is 1. The van der Waals surface area contributed by atoms with Crippen LogP contribution in [0, 0.1) is 5.92 Å². The highest BCUT2D eigenvalue weighted by Gasteiger charge is 2.08. The fourth-order valence-electron chi connectivity index (χ4n) is 2.10. The first-order valence-corrected chi connectivity index (χ1v) is 8.15. The van der Waals surface area contributed by atoms with Crippen LogP contribution in [0.25, 0.3) is 0 Å². The third-order valence-corrected chi connectivity index (χ3v) is 3.84. The molecule has 0 saturated heterocycles. The lowest BCUT2D eigenvalue weighted by Crippen LogP contribution is -2.09. The molecule has 0 N–H and O–H groups in total. The molecule has 0 aromatic heterocycles. The molecule has 0 heterocycles. The number of carbonyl (C=O) groups is 1. The maximum atomic E-state index is 11.8. The molecule has 2 aromatic rings. The van der Waals surface area contributed by atoms with E-state index in [9.17, 15) is 4.79 Å². The summed E-state index contributed by atoms with van der Waals surface area (Å²) in [5.74, 6) is 1.69. The Morgan fingerprint density at radius 1 is 1.00 bits per heavy atom. The predicted octanol–water partition coefficient (Wildman–Crippen LogP) is 5.00. The second-order valence-electron chi connectivity index (χ2n) is 5.77. The molecule has 122 valence electrons. The van der Waals surface area contributed by atoms with Crippen LogP contribution in [0.3, 0.4) is 0 Å². The van der Waals surface area contributed by atoms with Gasteiger partial charge in [-0.05, 0) is 42.2 Å². The van der Waals surface area contributed by atoms with Gasteiger partial charge in [0.25, 0.3) is 0 Å². The SMILES string of the molecule is CCC(C)CCC(=O)Oc1ccc(OCc2ccccc2)cc1. The van der Waals surface area contributed by atoms with Gasteiger partial charge in [-0.25, -0.2) is 0 Å². The van der Waals surface area contributed by atoms with Crippen LogP contribution < -0.4 is 9.47 Å². The fraction of sp³-hybridized carbons (Fsp3) is 0.350. The van der Waals surface area contributed by atoms with Crippen molar-refractivity contribution in [1.82, 2.24) is 0 Å². The Morgan fingerprint density at radius 2 is 1.65 bits per heavy atom. The maximum Gasteiger partial charge on any atom is 0.311 e. The highest BCUT2D eigenvalue weighted by Crippen LogP contribution is 2.20. The van der Waals surface area contributed by atoms with E-state index in [-0.39, 0.29) is 5.97 Å². The highest BCUT2D eigenvalue weighted by molar-refractivity contribution is 5.72. The smallest absolute Gasteiger partial charge is 0.311 e. The summed E-state index contributed by atoms with van der Waals surface area (Å²) in [5.41, 5.74) is 1.12. The molecule has 0 spiro atoms. The number of esters is 1. The Bertz CT molecular complexity index is 590. The number of ether oxygens (including phenoxy) is 2. The van der Waals surface area contributed by atoms with Gasteiger partial charge in [-0.1, -0.05) is 50.6 Å². The molecule has 0 aliphatic rings. The Kier molecular flexibility index (Phi) is 6.67. The van der Waals surface area contributed by atoms with Crippen molar-refractivity contribution in [2.45, 2.75) is 39.7 Å². The van der Waals surface area contributed by atoms with Gasteiger partial charge in [0, 0.05) is 6.42 Å². The summed E-state index contributed by atoms with van der Waals surface area (Å²) in [4.78, 5) is 11.8. The molecule has 3 heteroatoms. The zero-order valence-corrected chi connectivity index (χ0v) is 13.8. The summed E-state index contributed by atoms with van der Waals surface area (Å²) in [6, 6.07) is 17.2. The van der Waals surface area contributed by atoms with Crippen molar-refractivity contribution < 1.29 is 14.3 Å². The molecule has 0 radical (unpaired) electrons. The zero-order chi connectivity index (χ0) is 16.5. The second kappa shape index (κ2) is 8.99. The van der Waals surface area contributed by atoms with E-state index in [2.05, 4.69) is 13.8 Å². The van der Waals surface area contributed by atoms with E-state index in [1.807, 2.05) is 42.5 Å². The van der Waals surface area contributed by atoms with Crippen LogP contribution in [0.1, 0.15) is 38.7 Å². The molecule has 0 amide bonds. The quantitative estimate of drug-likeness (QED) is 0.508. The van der Waals surface area contributed by atoms with E-state index in [1.54, 1.807) is 12.1 Å². The first-order chi connectivity index (χ1) is 11.2. The van der Waals surface area contributed by atoms with E-state index in [0.29, 0.717) is 24.7 Å². The summed E-state index contributed by atoms with van der Waals surface area (Å²) in [5, 5.41) is 0. The van der Waals surface area contributed by atoms with Crippen LogP contribution in [-0.2, 0) is 11.4 Å². The number of hydrogen-bond acceptors (Lipinski definition) is 3. The Morgan fingerprint density at radius 3 is 2.30 bits per heavy atom. The van der Waals surface area contributed by atoms with E-state index in [1.165, 1.54) is 0 Å². The number of benzene rings is 2.